The number of hydrogen-bond acceptors (Lipinski definition) is 12. The van der Waals surface area contributed by atoms with Gasteiger partial charge in [-0.2, -0.15) is 0 Å². The van der Waals surface area contributed by atoms with Gasteiger partial charge in [0.15, 0.2) is 0 Å². The van der Waals surface area contributed by atoms with Crippen LogP contribution >= 0.6 is 44.2 Å². The summed E-state index contributed by atoms with van der Waals surface area (Å²) < 4.78 is 62.4. The average Bonchev–Trinajstić information content (AvgIpc) is 2.94. The zero-order valence-corrected chi connectivity index (χ0v) is 39.0. The maximum atomic E-state index is 10.8. The van der Waals surface area contributed by atoms with Crippen LogP contribution in [-0.4, -0.2) is 110 Å². The van der Waals surface area contributed by atoms with E-state index >= 15 is 0 Å². The topological polar surface area (TPSA) is 241 Å². The molecule has 0 aromatic heterocycles. The van der Waals surface area contributed by atoms with Crippen molar-refractivity contribution in [1.82, 2.24) is 0 Å². The summed E-state index contributed by atoms with van der Waals surface area (Å²) in [4.78, 5) is 62.4. The van der Waals surface area contributed by atoms with Gasteiger partial charge in [0.2, 0.25) is 0 Å². The van der Waals surface area contributed by atoms with Gasteiger partial charge in [-0.25, -0.2) is 0 Å². The van der Waals surface area contributed by atoms with Crippen LogP contribution in [0.5, 0.6) is 0 Å². The molecule has 12 nitrogen and oxygen atoms in total. The second-order valence-electron chi connectivity index (χ2n) is 10.6. The summed E-state index contributed by atoms with van der Waals surface area (Å²) in [5.74, 6) is 0. The number of hydrogen-bond donors (Lipinski definition) is 0. The van der Waals surface area contributed by atoms with Crippen LogP contribution in [0.25, 0.3) is 0 Å². The minimum Gasteiger partial charge on any atom is -0.799 e. The summed E-state index contributed by atoms with van der Waals surface area (Å²) in [6, 6.07) is 0. The molecule has 0 aromatic rings. The van der Waals surface area contributed by atoms with Crippen LogP contribution in [0.15, 0.2) is 0 Å². The molecule has 0 amide bonds. The first-order chi connectivity index (χ1) is 20.0. The normalized spacial score (nSPS) is 17.5. The van der Waals surface area contributed by atoms with E-state index in [0.717, 1.165) is 38.5 Å². The molecule has 0 N–H and O–H groups in total. The van der Waals surface area contributed by atoms with E-state index in [2.05, 4.69) is 0 Å². The van der Waals surface area contributed by atoms with Gasteiger partial charge in [-0.3, -0.25) is 0 Å². The largest absolute Gasteiger partial charge is 3.00 e. The average molecular weight is 823 g/mol. The van der Waals surface area contributed by atoms with Gasteiger partial charge in [0, 0.05) is 44.2 Å². The van der Waals surface area contributed by atoms with E-state index < -0.39 is 44.2 Å². The van der Waals surface area contributed by atoms with Gasteiger partial charge in [0.05, 0.1) is 0 Å². The van der Waals surface area contributed by atoms with Crippen LogP contribution in [-0.2, 0) is 27.4 Å². The Morgan fingerprint density at radius 3 is 0.532 bits per heavy atom. The van der Waals surface area contributed by atoms with E-state index in [1.165, 1.54) is 20.0 Å². The molecule has 0 heterocycles. The molecule has 47 heavy (non-hydrogen) atoms. The zero-order chi connectivity index (χ0) is 37.6. The third-order valence-electron chi connectivity index (χ3n) is 5.73. The van der Waals surface area contributed by atoms with E-state index in [0.29, 0.717) is 37.0 Å². The van der Waals surface area contributed by atoms with Gasteiger partial charge in [-0.1, -0.05) is 81.6 Å². The fourth-order valence-corrected chi connectivity index (χ4v) is 5.01. The molecule has 6 atom stereocenters. The summed E-state index contributed by atoms with van der Waals surface area (Å²) in [5, 5.41) is 0. The molecule has 0 aromatic carbocycles. The third kappa shape index (κ3) is 83.0. The Balaban J connectivity index is -0.0000000648. The fraction of sp³-hybridized carbons (Fsp3) is 1.00. The van der Waals surface area contributed by atoms with E-state index in [1.807, 2.05) is 20.8 Å². The summed E-state index contributed by atoms with van der Waals surface area (Å²) >= 11 is 0. The molecular formula is C27H66Al2O12P6. The Labute approximate surface area is 310 Å². The Morgan fingerprint density at radius 2 is 0.468 bits per heavy atom. The molecule has 0 aliphatic heterocycles. The van der Waals surface area contributed by atoms with E-state index in [9.17, 15) is 56.8 Å². The second kappa shape index (κ2) is 37.9. The Bertz CT molecular complexity index is 834. The Morgan fingerprint density at radius 1 is 0.340 bits per heavy atom. The maximum absolute atomic E-state index is 10.8. The molecule has 6 unspecified atom stereocenters. The van der Waals surface area contributed by atoms with Crippen LogP contribution in [0.2, 0.25) is 0 Å². The van der Waals surface area contributed by atoms with E-state index in [1.54, 1.807) is 41.5 Å². The maximum Gasteiger partial charge on any atom is 3.00 e. The fourth-order valence-electron chi connectivity index (χ4n) is 1.67. The molecule has 0 bridgehead atoms. The van der Waals surface area contributed by atoms with Crippen molar-refractivity contribution < 1.29 is 56.8 Å². The quantitative estimate of drug-likeness (QED) is 0.165. The SMILES string of the molecule is CCCCP(=O)([O-])CC.CCCCP(=O)([O-])CC.CCCCP(=O)([O-])CC.CCP(C)(=O)[O-].CCP(C)(=O)[O-].CCP(C)(=O)[O-].[Al+3].[Al+3]. The van der Waals surface area contributed by atoms with Crippen LogP contribution in [0.3, 0.4) is 0 Å². The van der Waals surface area contributed by atoms with E-state index in [4.69, 9.17) is 0 Å². The monoisotopic (exact) mass is 822 g/mol. The molecule has 0 rings (SSSR count). The molecule has 0 saturated carbocycles. The van der Waals surface area contributed by atoms with Gasteiger partial charge in [0.25, 0.3) is 0 Å². The van der Waals surface area contributed by atoms with E-state index in [-0.39, 0.29) is 53.2 Å². The van der Waals surface area contributed by atoms with Crippen molar-refractivity contribution in [3.63, 3.8) is 0 Å². The Kier molecular flexibility index (Phi) is 54.4. The second-order valence-corrected chi connectivity index (χ2v) is 26.7. The van der Waals surface area contributed by atoms with Crippen LogP contribution < -0.4 is 29.4 Å². The van der Waals surface area contributed by atoms with Gasteiger partial charge < -0.3 is 56.8 Å². The molecule has 0 spiro atoms. The van der Waals surface area contributed by atoms with Crippen LogP contribution in [0.4, 0.5) is 0 Å². The first-order valence-electron chi connectivity index (χ1n) is 15.7. The molecule has 0 aliphatic rings. The van der Waals surface area contributed by atoms with Crippen molar-refractivity contribution in [2.24, 2.45) is 0 Å². The molecule has 282 valence electrons. The van der Waals surface area contributed by atoms with Gasteiger partial charge in [0.1, 0.15) is 0 Å². The van der Waals surface area contributed by atoms with Gasteiger partial charge in [-0.05, 0) is 94.7 Å². The van der Waals surface area contributed by atoms with Gasteiger partial charge in [-0.15, -0.1) is 0 Å². The van der Waals surface area contributed by atoms with Gasteiger partial charge >= 0.3 is 34.7 Å². The molecule has 0 fully saturated rings. The van der Waals surface area contributed by atoms with Crippen LogP contribution in [0, 0.1) is 0 Å². The first-order valence-corrected chi connectivity index (χ1v) is 28.5. The predicted octanol–water partition coefficient (Wildman–Crippen LogP) is 4.40. The smallest absolute Gasteiger partial charge is 0.799 e. The molecule has 20 heteroatoms. The number of unbranched alkanes of at least 4 members (excludes halogenated alkanes) is 3. The minimum absolute atomic E-state index is 0. The standard InChI is InChI=1S/3C6H15O2P.3C3H9O2P.2Al/c3*1-3-5-6-9(7,8)4-2;3*1-3-6(2,4)5;;/h3*3-6H2,1-2H3,(H,7,8);3*3H2,1-2H3,(H,4,5);;/q;;;;;;2*+3/p-6. The molecule has 0 saturated heterocycles. The van der Waals surface area contributed by atoms with Crippen molar-refractivity contribution in [3.05, 3.63) is 0 Å². The number of rotatable bonds is 15. The predicted molar refractivity (Wildman–Crippen MR) is 197 cm³/mol. The van der Waals surface area contributed by atoms with Crippen molar-refractivity contribution >= 4 is 78.9 Å². The zero-order valence-electron chi connectivity index (χ0n) is 31.3. The molecule has 0 aliphatic carbocycles. The summed E-state index contributed by atoms with van der Waals surface area (Å²) in [6.07, 6.45) is 8.25. The van der Waals surface area contributed by atoms with Crippen molar-refractivity contribution in [2.45, 2.75) is 101 Å². The molecular weight excluding hydrogens is 756 g/mol. The first kappa shape index (κ1) is 67.3. The summed E-state index contributed by atoms with van der Waals surface area (Å²) in [7, 11) is -17.5. The third-order valence-corrected chi connectivity index (χ3v) is 15.1. The molecule has 0 radical (unpaired) electrons. The summed E-state index contributed by atoms with van der Waals surface area (Å²) in [5.41, 5.74) is 0. The summed E-state index contributed by atoms with van der Waals surface area (Å²) in [6.45, 7) is 19.7. The van der Waals surface area contributed by atoms with Crippen LogP contribution in [0.1, 0.15) is 101 Å². The minimum atomic E-state index is -2.94. The Hall–Kier alpha value is 2.20. The van der Waals surface area contributed by atoms with Crippen molar-refractivity contribution in [1.29, 1.82) is 0 Å². The van der Waals surface area contributed by atoms with Crippen molar-refractivity contribution in [2.75, 3.05) is 75.5 Å². The van der Waals surface area contributed by atoms with Crippen molar-refractivity contribution in [3.8, 4) is 0 Å².